The second kappa shape index (κ2) is 3.66. The van der Waals surface area contributed by atoms with E-state index in [0.717, 1.165) is 11.3 Å². The minimum atomic E-state index is 0.00243. The summed E-state index contributed by atoms with van der Waals surface area (Å²) < 4.78 is 0. The predicted molar refractivity (Wildman–Crippen MR) is 64.6 cm³/mol. The smallest absolute Gasteiger partial charge is 0.304 e. The topological polar surface area (TPSA) is 32.9 Å². The summed E-state index contributed by atoms with van der Waals surface area (Å²) in [4.78, 5) is 13.9. The van der Waals surface area contributed by atoms with E-state index in [2.05, 4.69) is 37.9 Å². The standard InChI is InChI=1S/C12H13NOS/c1-7-4-5-10(9(3)8(7)2)11-6-15-12(14)13-11/h4-6H,1-3H3,(H,13,14). The first kappa shape index (κ1) is 10.2. The van der Waals surface area contributed by atoms with Gasteiger partial charge in [0.2, 0.25) is 0 Å². The average molecular weight is 219 g/mol. The molecule has 1 aromatic carbocycles. The van der Waals surface area contributed by atoms with Gasteiger partial charge in [0, 0.05) is 10.9 Å². The van der Waals surface area contributed by atoms with Crippen molar-refractivity contribution in [1.82, 2.24) is 4.98 Å². The van der Waals surface area contributed by atoms with Gasteiger partial charge in [-0.2, -0.15) is 0 Å². The molecule has 0 spiro atoms. The third-order valence-electron chi connectivity index (χ3n) is 2.87. The van der Waals surface area contributed by atoms with Crippen LogP contribution >= 0.6 is 11.3 Å². The summed E-state index contributed by atoms with van der Waals surface area (Å²) in [5.41, 5.74) is 5.86. The Kier molecular flexibility index (Phi) is 2.49. The molecular formula is C12H13NOS. The summed E-state index contributed by atoms with van der Waals surface area (Å²) in [5.74, 6) is 0. The highest BCUT2D eigenvalue weighted by Crippen LogP contribution is 2.25. The number of hydrogen-bond donors (Lipinski definition) is 1. The fraction of sp³-hybridized carbons (Fsp3) is 0.250. The van der Waals surface area contributed by atoms with E-state index in [0.29, 0.717) is 0 Å². The fourth-order valence-electron chi connectivity index (χ4n) is 1.66. The van der Waals surface area contributed by atoms with Crippen molar-refractivity contribution in [2.45, 2.75) is 20.8 Å². The summed E-state index contributed by atoms with van der Waals surface area (Å²) >= 11 is 1.21. The molecule has 1 heterocycles. The number of aromatic amines is 1. The second-order valence-corrected chi connectivity index (χ2v) is 4.58. The summed E-state index contributed by atoms with van der Waals surface area (Å²) in [5, 5.41) is 1.87. The lowest BCUT2D eigenvalue weighted by Crippen LogP contribution is -1.95. The van der Waals surface area contributed by atoms with Gasteiger partial charge in [-0.15, -0.1) is 0 Å². The van der Waals surface area contributed by atoms with Crippen molar-refractivity contribution in [2.24, 2.45) is 0 Å². The van der Waals surface area contributed by atoms with Crippen LogP contribution in [0.15, 0.2) is 22.3 Å². The minimum Gasteiger partial charge on any atom is -0.312 e. The minimum absolute atomic E-state index is 0.00243. The maximum absolute atomic E-state index is 11.1. The quantitative estimate of drug-likeness (QED) is 0.785. The van der Waals surface area contributed by atoms with E-state index in [4.69, 9.17) is 0 Å². The van der Waals surface area contributed by atoms with Crippen molar-refractivity contribution in [3.05, 3.63) is 43.9 Å². The predicted octanol–water partition coefficient (Wildman–Crippen LogP) is 3.03. The van der Waals surface area contributed by atoms with Crippen LogP contribution in [0.1, 0.15) is 16.7 Å². The first-order valence-electron chi connectivity index (χ1n) is 4.84. The maximum atomic E-state index is 11.1. The normalized spacial score (nSPS) is 10.6. The molecule has 0 aliphatic rings. The molecule has 0 radical (unpaired) electrons. The van der Waals surface area contributed by atoms with Gasteiger partial charge in [0.05, 0.1) is 5.69 Å². The van der Waals surface area contributed by atoms with Crippen LogP contribution in [0.25, 0.3) is 11.3 Å². The van der Waals surface area contributed by atoms with Gasteiger partial charge in [-0.05, 0) is 37.5 Å². The zero-order valence-corrected chi connectivity index (χ0v) is 9.87. The molecule has 78 valence electrons. The van der Waals surface area contributed by atoms with E-state index < -0.39 is 0 Å². The molecule has 15 heavy (non-hydrogen) atoms. The molecule has 0 bridgehead atoms. The monoisotopic (exact) mass is 219 g/mol. The van der Waals surface area contributed by atoms with E-state index in [1.54, 1.807) is 0 Å². The molecule has 1 N–H and O–H groups in total. The zero-order valence-electron chi connectivity index (χ0n) is 9.05. The van der Waals surface area contributed by atoms with Crippen LogP contribution in [0.5, 0.6) is 0 Å². The highest BCUT2D eigenvalue weighted by molar-refractivity contribution is 7.07. The van der Waals surface area contributed by atoms with Crippen LogP contribution in [-0.2, 0) is 0 Å². The molecular weight excluding hydrogens is 206 g/mol. The molecule has 1 aromatic heterocycles. The van der Waals surface area contributed by atoms with Crippen molar-refractivity contribution >= 4 is 11.3 Å². The molecule has 3 heteroatoms. The van der Waals surface area contributed by atoms with Crippen molar-refractivity contribution in [1.29, 1.82) is 0 Å². The Balaban J connectivity index is 2.64. The third-order valence-corrected chi connectivity index (χ3v) is 3.54. The lowest BCUT2D eigenvalue weighted by atomic mass is 9.97. The average Bonchev–Trinajstić information content (AvgIpc) is 2.61. The number of benzene rings is 1. The molecule has 0 amide bonds. The van der Waals surface area contributed by atoms with Gasteiger partial charge < -0.3 is 4.98 Å². The molecule has 0 fully saturated rings. The number of rotatable bonds is 1. The van der Waals surface area contributed by atoms with E-state index in [9.17, 15) is 4.79 Å². The lowest BCUT2D eigenvalue weighted by molar-refractivity contribution is 1.25. The van der Waals surface area contributed by atoms with E-state index in [1.165, 1.54) is 28.0 Å². The second-order valence-electron chi connectivity index (χ2n) is 3.74. The summed E-state index contributed by atoms with van der Waals surface area (Å²) in [6.45, 7) is 6.30. The van der Waals surface area contributed by atoms with Crippen molar-refractivity contribution in [2.75, 3.05) is 0 Å². The SMILES string of the molecule is Cc1ccc(-c2csc(=O)[nH]2)c(C)c1C. The molecule has 2 rings (SSSR count). The zero-order chi connectivity index (χ0) is 11.0. The molecule has 2 nitrogen and oxygen atoms in total. The van der Waals surface area contributed by atoms with Gasteiger partial charge in [-0.1, -0.05) is 23.5 Å². The fourth-order valence-corrected chi connectivity index (χ4v) is 2.24. The van der Waals surface area contributed by atoms with E-state index in [1.807, 2.05) is 5.38 Å². The van der Waals surface area contributed by atoms with Crippen molar-refractivity contribution < 1.29 is 0 Å². The molecule has 0 saturated heterocycles. The first-order chi connectivity index (χ1) is 7.09. The number of aryl methyl sites for hydroxylation is 1. The maximum Gasteiger partial charge on any atom is 0.304 e. The van der Waals surface area contributed by atoms with Crippen molar-refractivity contribution in [3.63, 3.8) is 0 Å². The molecule has 0 saturated carbocycles. The molecule has 0 atom stereocenters. The number of thiazole rings is 1. The van der Waals surface area contributed by atoms with Crippen LogP contribution in [0, 0.1) is 20.8 Å². The first-order valence-corrected chi connectivity index (χ1v) is 5.72. The van der Waals surface area contributed by atoms with Crippen LogP contribution in [0.4, 0.5) is 0 Å². The Morgan fingerprint density at radius 1 is 1.13 bits per heavy atom. The Labute approximate surface area is 92.6 Å². The molecule has 2 aromatic rings. The van der Waals surface area contributed by atoms with Crippen LogP contribution in [0.2, 0.25) is 0 Å². The van der Waals surface area contributed by atoms with Crippen LogP contribution in [0.3, 0.4) is 0 Å². The number of hydrogen-bond acceptors (Lipinski definition) is 2. The van der Waals surface area contributed by atoms with Gasteiger partial charge >= 0.3 is 4.87 Å². The summed E-state index contributed by atoms with van der Waals surface area (Å²) in [6.07, 6.45) is 0. The lowest BCUT2D eigenvalue weighted by Gasteiger charge is -2.09. The number of nitrogens with one attached hydrogen (secondary N) is 1. The van der Waals surface area contributed by atoms with Gasteiger partial charge in [0.15, 0.2) is 0 Å². The van der Waals surface area contributed by atoms with Gasteiger partial charge in [-0.25, -0.2) is 0 Å². The van der Waals surface area contributed by atoms with Gasteiger partial charge in [0.25, 0.3) is 0 Å². The van der Waals surface area contributed by atoms with E-state index >= 15 is 0 Å². The van der Waals surface area contributed by atoms with Crippen LogP contribution in [-0.4, -0.2) is 4.98 Å². The van der Waals surface area contributed by atoms with E-state index in [-0.39, 0.29) is 4.87 Å². The Hall–Kier alpha value is -1.35. The Bertz CT molecular complexity index is 551. The Morgan fingerprint density at radius 3 is 2.47 bits per heavy atom. The molecule has 0 aliphatic heterocycles. The molecule has 0 unspecified atom stereocenters. The van der Waals surface area contributed by atoms with Gasteiger partial charge in [-0.3, -0.25) is 4.79 Å². The largest absolute Gasteiger partial charge is 0.312 e. The highest BCUT2D eigenvalue weighted by Gasteiger charge is 2.07. The van der Waals surface area contributed by atoms with Crippen molar-refractivity contribution in [3.8, 4) is 11.3 Å². The van der Waals surface area contributed by atoms with Gasteiger partial charge in [0.1, 0.15) is 0 Å². The highest BCUT2D eigenvalue weighted by atomic mass is 32.1. The van der Waals surface area contributed by atoms with Crippen LogP contribution < -0.4 is 4.87 Å². The Morgan fingerprint density at radius 2 is 1.87 bits per heavy atom. The summed E-state index contributed by atoms with van der Waals surface area (Å²) in [6, 6.07) is 4.16. The number of H-pyrrole nitrogens is 1. The number of aromatic nitrogens is 1. The third kappa shape index (κ3) is 1.75. The molecule has 0 aliphatic carbocycles. The summed E-state index contributed by atoms with van der Waals surface area (Å²) in [7, 11) is 0.